The van der Waals surface area contributed by atoms with Gasteiger partial charge in [-0.25, -0.2) is 9.97 Å². The molecule has 1 heterocycles. The van der Waals surface area contributed by atoms with Crippen LogP contribution in [0.3, 0.4) is 0 Å². The minimum absolute atomic E-state index is 0.840. The number of hydrogen-bond acceptors (Lipinski definition) is 4. The number of nitrogens with one attached hydrogen (secondary N) is 1. The maximum Gasteiger partial charge on any atom is 0.136 e. The van der Waals surface area contributed by atoms with Crippen LogP contribution in [0.4, 0.5) is 11.6 Å². The van der Waals surface area contributed by atoms with Gasteiger partial charge < -0.3 is 10.2 Å². The lowest BCUT2D eigenvalue weighted by Gasteiger charge is -2.24. The fourth-order valence-electron chi connectivity index (χ4n) is 2.84. The second-order valence-corrected chi connectivity index (χ2v) is 5.23. The second kappa shape index (κ2) is 6.03. The van der Waals surface area contributed by atoms with Crippen molar-refractivity contribution in [2.24, 2.45) is 5.92 Å². The summed E-state index contributed by atoms with van der Waals surface area (Å²) < 4.78 is 0. The van der Waals surface area contributed by atoms with Gasteiger partial charge in [-0.3, -0.25) is 0 Å². The van der Waals surface area contributed by atoms with Gasteiger partial charge in [-0.1, -0.05) is 12.8 Å². The molecule has 0 amide bonds. The summed E-state index contributed by atoms with van der Waals surface area (Å²) >= 11 is 0. The summed E-state index contributed by atoms with van der Waals surface area (Å²) in [7, 11) is 2.14. The first-order valence-corrected chi connectivity index (χ1v) is 6.99. The Bertz CT molecular complexity index is 385. The minimum atomic E-state index is 0.840. The van der Waals surface area contributed by atoms with E-state index >= 15 is 0 Å². The molecule has 18 heavy (non-hydrogen) atoms. The quantitative estimate of drug-likeness (QED) is 0.870. The molecular formula is C14H24N4. The zero-order chi connectivity index (χ0) is 13.0. The summed E-state index contributed by atoms with van der Waals surface area (Å²) in [5.41, 5.74) is 1.15. The van der Waals surface area contributed by atoms with Crippen LogP contribution < -0.4 is 10.2 Å². The van der Waals surface area contributed by atoms with Crippen LogP contribution in [0.25, 0.3) is 0 Å². The van der Waals surface area contributed by atoms with E-state index in [4.69, 9.17) is 0 Å². The Hall–Kier alpha value is -1.32. The van der Waals surface area contributed by atoms with Crippen molar-refractivity contribution in [3.05, 3.63) is 11.9 Å². The molecule has 1 saturated carbocycles. The lowest BCUT2D eigenvalue weighted by molar-refractivity contribution is 0.544. The summed E-state index contributed by atoms with van der Waals surface area (Å²) in [5.74, 6) is 2.86. The van der Waals surface area contributed by atoms with E-state index in [1.54, 1.807) is 6.33 Å². The standard InChI is InChI=1S/C14H24N4/c1-4-15-13-11(2)14(17-10-16-13)18(3)9-12-7-5-6-8-12/h10,12H,4-9H2,1-3H3,(H,15,16,17). The van der Waals surface area contributed by atoms with Gasteiger partial charge in [0.1, 0.15) is 18.0 Å². The molecule has 0 aliphatic heterocycles. The maximum absolute atomic E-state index is 4.44. The Balaban J connectivity index is 2.08. The molecule has 0 unspecified atom stereocenters. The monoisotopic (exact) mass is 248 g/mol. The molecule has 0 atom stereocenters. The lowest BCUT2D eigenvalue weighted by atomic mass is 10.1. The maximum atomic E-state index is 4.44. The average Bonchev–Trinajstić information content (AvgIpc) is 2.85. The summed E-state index contributed by atoms with van der Waals surface area (Å²) in [5, 5.41) is 3.29. The highest BCUT2D eigenvalue weighted by Crippen LogP contribution is 2.28. The molecule has 0 saturated heterocycles. The molecule has 1 fully saturated rings. The molecular weight excluding hydrogens is 224 g/mol. The second-order valence-electron chi connectivity index (χ2n) is 5.23. The first-order chi connectivity index (χ1) is 8.72. The molecule has 0 radical (unpaired) electrons. The van der Waals surface area contributed by atoms with E-state index in [2.05, 4.69) is 41.1 Å². The number of aromatic nitrogens is 2. The van der Waals surface area contributed by atoms with Crippen molar-refractivity contribution in [3.8, 4) is 0 Å². The molecule has 4 heteroatoms. The topological polar surface area (TPSA) is 41.1 Å². The average molecular weight is 248 g/mol. The van der Waals surface area contributed by atoms with Gasteiger partial charge in [0.05, 0.1) is 0 Å². The van der Waals surface area contributed by atoms with E-state index in [0.29, 0.717) is 0 Å². The molecule has 4 nitrogen and oxygen atoms in total. The Morgan fingerprint density at radius 3 is 2.72 bits per heavy atom. The van der Waals surface area contributed by atoms with E-state index in [-0.39, 0.29) is 0 Å². The van der Waals surface area contributed by atoms with Gasteiger partial charge in [0.25, 0.3) is 0 Å². The van der Waals surface area contributed by atoms with Gasteiger partial charge in [0.15, 0.2) is 0 Å². The molecule has 2 rings (SSSR count). The van der Waals surface area contributed by atoms with E-state index in [1.165, 1.54) is 25.7 Å². The van der Waals surface area contributed by atoms with Crippen LogP contribution in [-0.4, -0.2) is 30.1 Å². The fraction of sp³-hybridized carbons (Fsp3) is 0.714. The molecule has 1 aromatic heterocycles. The van der Waals surface area contributed by atoms with Crippen LogP contribution in [0, 0.1) is 12.8 Å². The van der Waals surface area contributed by atoms with Crippen molar-refractivity contribution >= 4 is 11.6 Å². The molecule has 1 aliphatic carbocycles. The van der Waals surface area contributed by atoms with Gasteiger partial charge in [0.2, 0.25) is 0 Å². The first-order valence-electron chi connectivity index (χ1n) is 6.99. The minimum Gasteiger partial charge on any atom is -0.370 e. The van der Waals surface area contributed by atoms with Crippen LogP contribution in [0.5, 0.6) is 0 Å². The number of hydrogen-bond donors (Lipinski definition) is 1. The zero-order valence-corrected chi connectivity index (χ0v) is 11.7. The van der Waals surface area contributed by atoms with Gasteiger partial charge in [0, 0.05) is 25.7 Å². The van der Waals surface area contributed by atoms with Crippen molar-refractivity contribution in [3.63, 3.8) is 0 Å². The largest absolute Gasteiger partial charge is 0.370 e. The molecule has 1 aromatic rings. The Labute approximate surface area is 110 Å². The highest BCUT2D eigenvalue weighted by molar-refractivity contribution is 5.57. The van der Waals surface area contributed by atoms with Crippen molar-refractivity contribution < 1.29 is 0 Å². The van der Waals surface area contributed by atoms with Gasteiger partial charge in [-0.05, 0) is 32.6 Å². The molecule has 0 spiro atoms. The van der Waals surface area contributed by atoms with Crippen LogP contribution in [0.15, 0.2) is 6.33 Å². The summed E-state index contributed by atoms with van der Waals surface area (Å²) in [6.07, 6.45) is 7.18. The van der Waals surface area contributed by atoms with Gasteiger partial charge in [-0.15, -0.1) is 0 Å². The predicted octanol–water partition coefficient (Wildman–Crippen LogP) is 2.84. The van der Waals surface area contributed by atoms with Gasteiger partial charge >= 0.3 is 0 Å². The first kappa shape index (κ1) is 13.1. The third kappa shape index (κ3) is 2.92. The summed E-state index contributed by atoms with van der Waals surface area (Å²) in [6, 6.07) is 0. The molecule has 1 aliphatic rings. The van der Waals surface area contributed by atoms with Crippen LogP contribution in [-0.2, 0) is 0 Å². The zero-order valence-electron chi connectivity index (χ0n) is 11.7. The Kier molecular flexibility index (Phi) is 4.39. The van der Waals surface area contributed by atoms with E-state index < -0.39 is 0 Å². The molecule has 100 valence electrons. The summed E-state index contributed by atoms with van der Waals surface area (Å²) in [6.45, 7) is 6.19. The van der Waals surface area contributed by atoms with Crippen LogP contribution in [0.2, 0.25) is 0 Å². The van der Waals surface area contributed by atoms with Gasteiger partial charge in [-0.2, -0.15) is 0 Å². The van der Waals surface area contributed by atoms with Crippen molar-refractivity contribution in [1.29, 1.82) is 0 Å². The molecule has 0 bridgehead atoms. The molecule has 0 aromatic carbocycles. The highest BCUT2D eigenvalue weighted by atomic mass is 15.2. The lowest BCUT2D eigenvalue weighted by Crippen LogP contribution is -2.26. The Morgan fingerprint density at radius 1 is 1.33 bits per heavy atom. The van der Waals surface area contributed by atoms with E-state index in [0.717, 1.165) is 36.2 Å². The fourth-order valence-corrected chi connectivity index (χ4v) is 2.84. The summed E-state index contributed by atoms with van der Waals surface area (Å²) in [4.78, 5) is 11.0. The predicted molar refractivity (Wildman–Crippen MR) is 76.2 cm³/mol. The Morgan fingerprint density at radius 2 is 2.06 bits per heavy atom. The SMILES string of the molecule is CCNc1ncnc(N(C)CC2CCCC2)c1C. The third-order valence-corrected chi connectivity index (χ3v) is 3.77. The van der Waals surface area contributed by atoms with Crippen molar-refractivity contribution in [2.45, 2.75) is 39.5 Å². The van der Waals surface area contributed by atoms with Crippen LogP contribution >= 0.6 is 0 Å². The normalized spacial score (nSPS) is 15.9. The molecule has 1 N–H and O–H groups in total. The van der Waals surface area contributed by atoms with Crippen molar-refractivity contribution in [2.75, 3.05) is 30.4 Å². The van der Waals surface area contributed by atoms with E-state index in [1.807, 2.05) is 0 Å². The number of rotatable bonds is 5. The number of nitrogens with zero attached hydrogens (tertiary/aromatic N) is 3. The van der Waals surface area contributed by atoms with Crippen molar-refractivity contribution in [1.82, 2.24) is 9.97 Å². The third-order valence-electron chi connectivity index (χ3n) is 3.77. The highest BCUT2D eigenvalue weighted by Gasteiger charge is 2.19. The smallest absolute Gasteiger partial charge is 0.136 e. The van der Waals surface area contributed by atoms with E-state index in [9.17, 15) is 0 Å². The number of anilines is 2. The van der Waals surface area contributed by atoms with Crippen LogP contribution in [0.1, 0.15) is 38.2 Å².